The lowest BCUT2D eigenvalue weighted by atomic mass is 9.83. The van der Waals surface area contributed by atoms with E-state index in [9.17, 15) is 5.26 Å². The van der Waals surface area contributed by atoms with Gasteiger partial charge in [-0.25, -0.2) is 9.97 Å². The highest BCUT2D eigenvalue weighted by Crippen LogP contribution is 2.44. The van der Waals surface area contributed by atoms with Crippen molar-refractivity contribution >= 4 is 19.9 Å². The fraction of sp³-hybridized carbons (Fsp3) is 0.500. The average molecular weight is 414 g/mol. The minimum atomic E-state index is -1.85. The topological polar surface area (TPSA) is 58.8 Å². The fourth-order valence-electron chi connectivity index (χ4n) is 3.46. The molecule has 0 spiro atoms. The lowest BCUT2D eigenvalue weighted by molar-refractivity contribution is 0.208. The van der Waals surface area contributed by atoms with Gasteiger partial charge in [0.25, 0.3) is 0 Å². The summed E-state index contributed by atoms with van der Waals surface area (Å²) >= 11 is 5.98. The molecule has 0 aliphatic heterocycles. The van der Waals surface area contributed by atoms with Crippen molar-refractivity contribution in [2.45, 2.75) is 64.1 Å². The molecule has 1 aliphatic rings. The van der Waals surface area contributed by atoms with Gasteiger partial charge in [0, 0.05) is 23.8 Å². The van der Waals surface area contributed by atoms with Gasteiger partial charge >= 0.3 is 0 Å². The molecule has 0 radical (unpaired) electrons. The van der Waals surface area contributed by atoms with Crippen LogP contribution in [0.2, 0.25) is 23.4 Å². The quantitative estimate of drug-likeness (QED) is 0.462. The first-order valence-corrected chi connectivity index (χ1v) is 13.0. The molecule has 1 aromatic carbocycles. The number of hydrogen-bond acceptors (Lipinski definition) is 4. The summed E-state index contributed by atoms with van der Waals surface area (Å²) in [6.45, 7) is 14.3. The van der Waals surface area contributed by atoms with E-state index in [4.69, 9.17) is 16.0 Å². The third-order valence-electron chi connectivity index (χ3n) is 6.43. The molecule has 0 saturated heterocycles. The molecule has 0 amide bonds. The van der Waals surface area contributed by atoms with Crippen LogP contribution < -0.4 is 0 Å². The summed E-state index contributed by atoms with van der Waals surface area (Å²) in [6, 6.07) is 8.28. The highest BCUT2D eigenvalue weighted by Gasteiger charge is 2.42. The number of hydrogen-bond donors (Lipinski definition) is 0. The number of nitrogens with zero attached hydrogens (tertiary/aromatic N) is 3. The third kappa shape index (κ3) is 3.87. The predicted octanol–water partition coefficient (Wildman–Crippen LogP) is 5.89. The molecule has 0 saturated carbocycles. The SMILES string of the molecule is CC1(CO[Si](C)(C)C(C)(C)C)CCc2c(C#N)cc(-c3ccnc(Cl)n3)cc21. The van der Waals surface area contributed by atoms with Crippen LogP contribution in [0.1, 0.15) is 50.8 Å². The maximum atomic E-state index is 9.73. The summed E-state index contributed by atoms with van der Waals surface area (Å²) in [5.74, 6) is 0. The van der Waals surface area contributed by atoms with Crippen LogP contribution in [0.5, 0.6) is 0 Å². The first-order valence-electron chi connectivity index (χ1n) is 9.67. The predicted molar refractivity (Wildman–Crippen MR) is 116 cm³/mol. The van der Waals surface area contributed by atoms with Crippen LogP contribution >= 0.6 is 11.6 Å². The molecule has 1 aliphatic carbocycles. The van der Waals surface area contributed by atoms with Gasteiger partial charge in [-0.05, 0) is 71.9 Å². The van der Waals surface area contributed by atoms with Crippen molar-refractivity contribution in [1.82, 2.24) is 9.97 Å². The van der Waals surface area contributed by atoms with Gasteiger partial charge in [0.1, 0.15) is 0 Å². The summed E-state index contributed by atoms with van der Waals surface area (Å²) in [4.78, 5) is 8.29. The normalized spacial score (nSPS) is 19.4. The van der Waals surface area contributed by atoms with Crippen molar-refractivity contribution in [3.05, 3.63) is 46.4 Å². The lowest BCUT2D eigenvalue weighted by Gasteiger charge is -2.39. The van der Waals surface area contributed by atoms with E-state index in [1.165, 1.54) is 5.56 Å². The summed E-state index contributed by atoms with van der Waals surface area (Å²) in [6.07, 6.45) is 3.53. The van der Waals surface area contributed by atoms with Crippen molar-refractivity contribution in [3.8, 4) is 17.3 Å². The number of benzene rings is 1. The first kappa shape index (κ1) is 21.0. The molecule has 6 heteroatoms. The van der Waals surface area contributed by atoms with Crippen LogP contribution in [-0.4, -0.2) is 24.9 Å². The average Bonchev–Trinajstić information content (AvgIpc) is 2.96. The fourth-order valence-corrected chi connectivity index (χ4v) is 4.72. The molecular formula is C22H28ClN3OSi. The maximum absolute atomic E-state index is 9.73. The highest BCUT2D eigenvalue weighted by atomic mass is 35.5. The summed E-state index contributed by atoms with van der Waals surface area (Å²) < 4.78 is 6.59. The Kier molecular flexibility index (Phi) is 5.44. The largest absolute Gasteiger partial charge is 0.416 e. The Labute approximate surface area is 174 Å². The van der Waals surface area contributed by atoms with Crippen molar-refractivity contribution in [2.24, 2.45) is 0 Å². The smallest absolute Gasteiger partial charge is 0.222 e. The van der Waals surface area contributed by atoms with Crippen molar-refractivity contribution in [3.63, 3.8) is 0 Å². The third-order valence-corrected chi connectivity index (χ3v) is 11.1. The number of rotatable bonds is 4. The summed E-state index contributed by atoms with van der Waals surface area (Å²) in [5.41, 5.74) is 4.60. The van der Waals surface area contributed by atoms with Gasteiger partial charge in [-0.15, -0.1) is 0 Å². The Morgan fingerprint density at radius 1 is 1.32 bits per heavy atom. The van der Waals surface area contributed by atoms with E-state index in [-0.39, 0.29) is 15.7 Å². The minimum Gasteiger partial charge on any atom is -0.416 e. The van der Waals surface area contributed by atoms with Crippen molar-refractivity contribution in [2.75, 3.05) is 6.61 Å². The second-order valence-electron chi connectivity index (χ2n) is 9.48. The van der Waals surface area contributed by atoms with Gasteiger partial charge in [0.2, 0.25) is 5.28 Å². The Balaban J connectivity index is 2.01. The zero-order valence-corrected chi connectivity index (χ0v) is 19.3. The Hall–Kier alpha value is -1.74. The highest BCUT2D eigenvalue weighted by molar-refractivity contribution is 6.74. The summed E-state index contributed by atoms with van der Waals surface area (Å²) in [7, 11) is -1.85. The van der Waals surface area contributed by atoms with Crippen molar-refractivity contribution in [1.29, 1.82) is 5.26 Å². The van der Waals surface area contributed by atoms with Crippen LogP contribution in [0.25, 0.3) is 11.3 Å². The van der Waals surface area contributed by atoms with Crippen LogP contribution in [0.15, 0.2) is 24.4 Å². The van der Waals surface area contributed by atoms with Gasteiger partial charge in [-0.1, -0.05) is 27.7 Å². The lowest BCUT2D eigenvalue weighted by Crippen LogP contribution is -2.44. The molecule has 28 heavy (non-hydrogen) atoms. The molecule has 0 N–H and O–H groups in total. The second kappa shape index (κ2) is 7.26. The van der Waals surface area contributed by atoms with E-state index in [0.717, 1.165) is 35.2 Å². The molecule has 0 fully saturated rings. The van der Waals surface area contributed by atoms with E-state index in [2.05, 4.69) is 62.9 Å². The summed E-state index contributed by atoms with van der Waals surface area (Å²) in [5, 5.41) is 10.1. The van der Waals surface area contributed by atoms with E-state index in [1.54, 1.807) is 6.20 Å². The van der Waals surface area contributed by atoms with E-state index in [0.29, 0.717) is 6.61 Å². The minimum absolute atomic E-state index is 0.108. The zero-order chi connectivity index (χ0) is 20.7. The van der Waals surface area contributed by atoms with Crippen LogP contribution in [0.3, 0.4) is 0 Å². The molecule has 4 nitrogen and oxygen atoms in total. The zero-order valence-electron chi connectivity index (χ0n) is 17.6. The molecular weight excluding hydrogens is 386 g/mol. The molecule has 1 atom stereocenters. The van der Waals surface area contributed by atoms with Crippen LogP contribution in [0.4, 0.5) is 0 Å². The standard InChI is InChI=1S/C22H28ClN3OSi/c1-21(2,3)28(5,6)27-14-22(4)9-7-17-16(13-24)11-15(12-18(17)22)19-8-10-25-20(23)26-19/h8,10-12H,7,9,14H2,1-6H3. The van der Waals surface area contributed by atoms with Gasteiger partial charge in [0.15, 0.2) is 8.32 Å². The van der Waals surface area contributed by atoms with E-state index >= 15 is 0 Å². The van der Waals surface area contributed by atoms with E-state index in [1.807, 2.05) is 12.1 Å². The van der Waals surface area contributed by atoms with Crippen LogP contribution in [-0.2, 0) is 16.3 Å². The number of halogens is 1. The monoisotopic (exact) mass is 413 g/mol. The first-order chi connectivity index (χ1) is 13.0. The number of nitriles is 1. The molecule has 2 aromatic rings. The number of aromatic nitrogens is 2. The maximum Gasteiger partial charge on any atom is 0.222 e. The molecule has 1 aromatic heterocycles. The second-order valence-corrected chi connectivity index (χ2v) is 14.6. The Morgan fingerprint density at radius 2 is 2.04 bits per heavy atom. The molecule has 148 valence electrons. The van der Waals surface area contributed by atoms with E-state index < -0.39 is 8.32 Å². The van der Waals surface area contributed by atoms with Gasteiger partial charge < -0.3 is 4.43 Å². The van der Waals surface area contributed by atoms with Crippen LogP contribution in [0, 0.1) is 11.3 Å². The Bertz CT molecular complexity index is 946. The molecule has 3 rings (SSSR count). The molecule has 1 heterocycles. The Morgan fingerprint density at radius 3 is 2.64 bits per heavy atom. The van der Waals surface area contributed by atoms with Gasteiger partial charge in [-0.3, -0.25) is 0 Å². The van der Waals surface area contributed by atoms with Gasteiger partial charge in [0.05, 0.1) is 17.3 Å². The molecule has 0 bridgehead atoms. The van der Waals surface area contributed by atoms with Gasteiger partial charge in [-0.2, -0.15) is 5.26 Å². The van der Waals surface area contributed by atoms with Crippen molar-refractivity contribution < 1.29 is 4.43 Å². The molecule has 1 unspecified atom stereocenters. The number of fused-ring (bicyclic) bond motifs is 1.